The normalized spacial score (nSPS) is 10.7. The van der Waals surface area contributed by atoms with Crippen molar-refractivity contribution >= 4 is 16.7 Å². The van der Waals surface area contributed by atoms with Crippen molar-refractivity contribution in [1.82, 2.24) is 4.98 Å². The lowest BCUT2D eigenvalue weighted by Gasteiger charge is -2.02. The van der Waals surface area contributed by atoms with Crippen LogP contribution in [0.15, 0.2) is 57.7 Å². The van der Waals surface area contributed by atoms with Crippen LogP contribution in [0.2, 0.25) is 0 Å². The summed E-state index contributed by atoms with van der Waals surface area (Å²) >= 11 is 0. The minimum Gasteiger partial charge on any atom is -0.403 e. The first kappa shape index (κ1) is 12.3. The van der Waals surface area contributed by atoms with Crippen LogP contribution in [0, 0.1) is 0 Å². The molecule has 98 valence electrons. The molecule has 0 aliphatic heterocycles. The first-order valence-electron chi connectivity index (χ1n) is 6.16. The van der Waals surface area contributed by atoms with Gasteiger partial charge in [0, 0.05) is 11.1 Å². The number of hydrogen-bond donors (Lipinski definition) is 0. The van der Waals surface area contributed by atoms with Crippen molar-refractivity contribution < 1.29 is 9.21 Å². The van der Waals surface area contributed by atoms with Gasteiger partial charge in [0.1, 0.15) is 0 Å². The van der Waals surface area contributed by atoms with Gasteiger partial charge in [-0.25, -0.2) is 9.78 Å². The van der Waals surface area contributed by atoms with Gasteiger partial charge in [-0.15, -0.1) is 0 Å². The fourth-order valence-corrected chi connectivity index (χ4v) is 1.99. The molecule has 1 aromatic heterocycles. The molecule has 0 radical (unpaired) electrons. The second kappa shape index (κ2) is 4.74. The van der Waals surface area contributed by atoms with E-state index >= 15 is 0 Å². The second-order valence-corrected chi connectivity index (χ2v) is 4.46. The molecule has 1 heterocycles. The number of fused-ring (bicyclic) bond motifs is 1. The molecule has 4 heteroatoms. The monoisotopic (exact) mass is 265 g/mol. The third-order valence-electron chi connectivity index (χ3n) is 3.06. The van der Waals surface area contributed by atoms with Gasteiger partial charge in [0.15, 0.2) is 5.78 Å². The van der Waals surface area contributed by atoms with E-state index in [1.165, 1.54) is 6.92 Å². The van der Waals surface area contributed by atoms with Crippen LogP contribution >= 0.6 is 0 Å². The molecular formula is C16H11NO3. The van der Waals surface area contributed by atoms with Crippen LogP contribution in [0.1, 0.15) is 17.3 Å². The van der Waals surface area contributed by atoms with Gasteiger partial charge < -0.3 is 4.42 Å². The van der Waals surface area contributed by atoms with E-state index in [-0.39, 0.29) is 11.7 Å². The molecule has 4 nitrogen and oxygen atoms in total. The summed E-state index contributed by atoms with van der Waals surface area (Å²) in [5.74, 6) is 0.187. The Labute approximate surface area is 114 Å². The zero-order valence-corrected chi connectivity index (χ0v) is 10.8. The highest BCUT2D eigenvalue weighted by atomic mass is 16.4. The van der Waals surface area contributed by atoms with Gasteiger partial charge in [-0.1, -0.05) is 24.3 Å². The third kappa shape index (κ3) is 2.12. The fraction of sp³-hybridized carbons (Fsp3) is 0.0625. The predicted molar refractivity (Wildman–Crippen MR) is 75.7 cm³/mol. The Morgan fingerprint density at radius 1 is 1.10 bits per heavy atom. The van der Waals surface area contributed by atoms with Crippen molar-refractivity contribution in [1.29, 1.82) is 0 Å². The largest absolute Gasteiger partial charge is 0.403 e. The Balaban J connectivity index is 2.27. The fourth-order valence-electron chi connectivity index (χ4n) is 1.99. The maximum Gasteiger partial charge on any atom is 0.347 e. The second-order valence-electron chi connectivity index (χ2n) is 4.46. The van der Waals surface area contributed by atoms with Crippen LogP contribution in [0.5, 0.6) is 0 Å². The number of carbonyl (C=O) groups is 1. The number of benzene rings is 2. The van der Waals surface area contributed by atoms with Crippen molar-refractivity contribution in [3.05, 3.63) is 64.5 Å². The van der Waals surface area contributed by atoms with E-state index in [2.05, 4.69) is 4.98 Å². The van der Waals surface area contributed by atoms with Crippen LogP contribution in [-0.2, 0) is 0 Å². The zero-order valence-electron chi connectivity index (χ0n) is 10.8. The lowest BCUT2D eigenvalue weighted by Crippen LogP contribution is -2.04. The highest BCUT2D eigenvalue weighted by Gasteiger charge is 2.10. The molecule has 0 saturated heterocycles. The third-order valence-corrected chi connectivity index (χ3v) is 3.06. The molecule has 0 fully saturated rings. The quantitative estimate of drug-likeness (QED) is 0.668. The molecule has 0 spiro atoms. The average molecular weight is 265 g/mol. The number of rotatable bonds is 2. The summed E-state index contributed by atoms with van der Waals surface area (Å²) in [6, 6.07) is 14.0. The highest BCUT2D eigenvalue weighted by molar-refractivity contribution is 5.97. The van der Waals surface area contributed by atoms with Gasteiger partial charge in [-0.05, 0) is 31.2 Å². The minimum absolute atomic E-state index is 0.0665. The molecule has 2 aromatic carbocycles. The van der Waals surface area contributed by atoms with E-state index in [0.29, 0.717) is 16.5 Å². The number of ketones is 1. The number of carbonyl (C=O) groups excluding carboxylic acids is 1. The minimum atomic E-state index is -0.455. The van der Waals surface area contributed by atoms with Crippen LogP contribution < -0.4 is 5.63 Å². The molecule has 3 rings (SSSR count). The van der Waals surface area contributed by atoms with E-state index in [4.69, 9.17) is 4.42 Å². The first-order valence-corrected chi connectivity index (χ1v) is 6.16. The van der Waals surface area contributed by atoms with E-state index in [0.717, 1.165) is 5.56 Å². The Morgan fingerprint density at radius 2 is 1.85 bits per heavy atom. The average Bonchev–Trinajstić information content (AvgIpc) is 2.47. The van der Waals surface area contributed by atoms with Crippen molar-refractivity contribution in [3.8, 4) is 11.5 Å². The van der Waals surface area contributed by atoms with Crippen molar-refractivity contribution in [2.45, 2.75) is 6.92 Å². The zero-order chi connectivity index (χ0) is 14.1. The van der Waals surface area contributed by atoms with E-state index in [1.54, 1.807) is 18.2 Å². The number of aromatic nitrogens is 1. The molecule has 0 aliphatic rings. The Hall–Kier alpha value is -2.75. The van der Waals surface area contributed by atoms with Crippen LogP contribution in [0.3, 0.4) is 0 Å². The number of hydrogen-bond acceptors (Lipinski definition) is 4. The topological polar surface area (TPSA) is 60.2 Å². The lowest BCUT2D eigenvalue weighted by molar-refractivity contribution is 0.101. The molecule has 0 N–H and O–H groups in total. The van der Waals surface area contributed by atoms with Crippen LogP contribution in [0.4, 0.5) is 0 Å². The maximum absolute atomic E-state index is 12.0. The Morgan fingerprint density at radius 3 is 2.55 bits per heavy atom. The summed E-state index contributed by atoms with van der Waals surface area (Å²) in [4.78, 5) is 27.7. The van der Waals surface area contributed by atoms with Gasteiger partial charge in [-0.3, -0.25) is 4.79 Å². The Bertz CT molecular complexity index is 850. The Kier molecular flexibility index (Phi) is 2.91. The predicted octanol–water partition coefficient (Wildman–Crippen LogP) is 3.06. The molecule has 0 unspecified atom stereocenters. The molecule has 0 atom stereocenters. The summed E-state index contributed by atoms with van der Waals surface area (Å²) in [5.41, 5.74) is 1.26. The first-order chi connectivity index (χ1) is 9.65. The smallest absolute Gasteiger partial charge is 0.347 e. The van der Waals surface area contributed by atoms with Gasteiger partial charge in [0.2, 0.25) is 5.89 Å². The summed E-state index contributed by atoms with van der Waals surface area (Å²) in [6.07, 6.45) is 0. The standard InChI is InChI=1S/C16H11NO3/c1-10(18)12-7-8-13-14(9-12)17-15(20-16(13)19)11-5-3-2-4-6-11/h2-9H,1H3. The number of Topliss-reactive ketones (excluding diaryl/α,β-unsaturated/α-hetero) is 1. The van der Waals surface area contributed by atoms with Gasteiger partial charge in [-0.2, -0.15) is 0 Å². The molecular weight excluding hydrogens is 254 g/mol. The van der Waals surface area contributed by atoms with Crippen molar-refractivity contribution in [3.63, 3.8) is 0 Å². The highest BCUT2D eigenvalue weighted by Crippen LogP contribution is 2.19. The van der Waals surface area contributed by atoms with Crippen molar-refractivity contribution in [2.24, 2.45) is 0 Å². The summed E-state index contributed by atoms with van der Waals surface area (Å²) in [6.45, 7) is 1.48. The summed E-state index contributed by atoms with van der Waals surface area (Å²) < 4.78 is 5.23. The molecule has 0 saturated carbocycles. The SMILES string of the molecule is CC(=O)c1ccc2c(=O)oc(-c3ccccc3)nc2c1. The van der Waals surface area contributed by atoms with Gasteiger partial charge in [0.25, 0.3) is 0 Å². The van der Waals surface area contributed by atoms with Gasteiger partial charge in [0.05, 0.1) is 10.9 Å². The lowest BCUT2D eigenvalue weighted by atomic mass is 10.1. The van der Waals surface area contributed by atoms with Crippen molar-refractivity contribution in [2.75, 3.05) is 0 Å². The van der Waals surface area contributed by atoms with Crippen LogP contribution in [0.25, 0.3) is 22.4 Å². The molecule has 3 aromatic rings. The van der Waals surface area contributed by atoms with E-state index in [1.807, 2.05) is 30.3 Å². The molecule has 20 heavy (non-hydrogen) atoms. The summed E-state index contributed by atoms with van der Waals surface area (Å²) in [7, 11) is 0. The maximum atomic E-state index is 12.0. The molecule has 0 aliphatic carbocycles. The number of nitrogens with zero attached hydrogens (tertiary/aromatic N) is 1. The summed E-state index contributed by atoms with van der Waals surface area (Å²) in [5, 5.41) is 0.370. The molecule has 0 bridgehead atoms. The van der Waals surface area contributed by atoms with Gasteiger partial charge >= 0.3 is 5.63 Å². The van der Waals surface area contributed by atoms with E-state index in [9.17, 15) is 9.59 Å². The molecule has 0 amide bonds. The van der Waals surface area contributed by atoms with Crippen LogP contribution in [-0.4, -0.2) is 10.8 Å². The van der Waals surface area contributed by atoms with E-state index < -0.39 is 5.63 Å².